The predicted octanol–water partition coefficient (Wildman–Crippen LogP) is 3.87. The van der Waals surface area contributed by atoms with Gasteiger partial charge in [-0.3, -0.25) is 0 Å². The first kappa shape index (κ1) is 13.6. The van der Waals surface area contributed by atoms with E-state index >= 15 is 0 Å². The molecule has 0 fully saturated rings. The predicted molar refractivity (Wildman–Crippen MR) is 86.9 cm³/mol. The van der Waals surface area contributed by atoms with E-state index in [1.165, 1.54) is 28.3 Å². The molecule has 2 heteroatoms. The Morgan fingerprint density at radius 1 is 0.833 bits per heavy atom. The van der Waals surface area contributed by atoms with Crippen LogP contribution in [0.25, 0.3) is 0 Å². The molecular formula is C16H19PS. The molecule has 0 unspecified atom stereocenters. The minimum absolute atomic E-state index is 0.183. The summed E-state index contributed by atoms with van der Waals surface area (Å²) < 4.78 is 0. The fraction of sp³-hybridized carbons (Fsp3) is 0.250. The van der Waals surface area contributed by atoms with Gasteiger partial charge < -0.3 is 0 Å². The minimum Gasteiger partial charge on any atom is -0.162 e. The van der Waals surface area contributed by atoms with E-state index in [4.69, 9.17) is 0 Å². The maximum absolute atomic E-state index is 2.27. The molecule has 0 heterocycles. The molecule has 0 aliphatic heterocycles. The second kappa shape index (κ2) is 7.61. The summed E-state index contributed by atoms with van der Waals surface area (Å²) in [7, 11) is -0.183. The van der Waals surface area contributed by atoms with E-state index in [2.05, 4.69) is 67.6 Å². The van der Waals surface area contributed by atoms with Crippen LogP contribution in [0.4, 0.5) is 0 Å². The van der Waals surface area contributed by atoms with E-state index in [0.717, 1.165) is 0 Å². The molecule has 0 spiro atoms. The Morgan fingerprint density at radius 3 is 1.78 bits per heavy atom. The second-order valence-electron chi connectivity index (χ2n) is 4.02. The van der Waals surface area contributed by atoms with E-state index in [1.807, 2.05) is 11.8 Å². The third-order valence-corrected chi connectivity index (χ3v) is 6.52. The first-order chi connectivity index (χ1) is 8.92. The van der Waals surface area contributed by atoms with Crippen molar-refractivity contribution in [2.75, 3.05) is 17.7 Å². The van der Waals surface area contributed by atoms with Crippen LogP contribution in [0.2, 0.25) is 0 Å². The molecule has 0 saturated heterocycles. The average molecular weight is 274 g/mol. The zero-order valence-corrected chi connectivity index (χ0v) is 12.5. The molecule has 0 saturated carbocycles. The standard InChI is InChI=1S/C16H19PS/c1-2-18-14-13-17(15-9-5-3-6-10-15)16-11-7-4-8-12-16/h3-12H,2,13-14H2,1H3. The van der Waals surface area contributed by atoms with Crippen LogP contribution in [0.3, 0.4) is 0 Å². The summed E-state index contributed by atoms with van der Waals surface area (Å²) in [5, 5.41) is 2.99. The molecule has 0 aromatic heterocycles. The van der Waals surface area contributed by atoms with Crippen LogP contribution in [0.15, 0.2) is 60.7 Å². The lowest BCUT2D eigenvalue weighted by molar-refractivity contribution is 1.47. The SMILES string of the molecule is CCSCCP(c1ccccc1)c1ccccc1. The van der Waals surface area contributed by atoms with Gasteiger partial charge in [-0.1, -0.05) is 67.6 Å². The molecule has 0 radical (unpaired) electrons. The molecule has 0 aliphatic rings. The number of rotatable bonds is 6. The maximum atomic E-state index is 2.27. The highest BCUT2D eigenvalue weighted by molar-refractivity contribution is 7.99. The topological polar surface area (TPSA) is 0 Å². The third-order valence-electron chi connectivity index (χ3n) is 2.80. The van der Waals surface area contributed by atoms with Crippen LogP contribution in [0.5, 0.6) is 0 Å². The molecule has 2 rings (SSSR count). The Labute approximate surface area is 116 Å². The Bertz CT molecular complexity index is 402. The lowest BCUT2D eigenvalue weighted by Crippen LogP contribution is -2.14. The smallest absolute Gasteiger partial charge is 0.00222 e. The van der Waals surface area contributed by atoms with Crippen molar-refractivity contribution in [1.82, 2.24) is 0 Å². The molecule has 0 nitrogen and oxygen atoms in total. The highest BCUT2D eigenvalue weighted by Gasteiger charge is 2.12. The average Bonchev–Trinajstić information content (AvgIpc) is 2.46. The van der Waals surface area contributed by atoms with E-state index in [-0.39, 0.29) is 7.92 Å². The van der Waals surface area contributed by atoms with Crippen molar-refractivity contribution in [2.24, 2.45) is 0 Å². The van der Waals surface area contributed by atoms with Crippen LogP contribution < -0.4 is 10.6 Å². The van der Waals surface area contributed by atoms with Crippen LogP contribution in [-0.2, 0) is 0 Å². The molecule has 2 aromatic rings. The second-order valence-corrected chi connectivity index (χ2v) is 7.75. The zero-order chi connectivity index (χ0) is 12.6. The molecule has 0 amide bonds. The minimum atomic E-state index is -0.183. The van der Waals surface area contributed by atoms with Crippen LogP contribution in [0, 0.1) is 0 Å². The molecule has 2 aromatic carbocycles. The van der Waals surface area contributed by atoms with Gasteiger partial charge >= 0.3 is 0 Å². The van der Waals surface area contributed by atoms with Crippen LogP contribution >= 0.6 is 19.7 Å². The highest BCUT2D eigenvalue weighted by Crippen LogP contribution is 2.33. The van der Waals surface area contributed by atoms with Crippen molar-refractivity contribution in [3.63, 3.8) is 0 Å². The molecule has 0 atom stereocenters. The highest BCUT2D eigenvalue weighted by atomic mass is 32.2. The lowest BCUT2D eigenvalue weighted by Gasteiger charge is -2.18. The monoisotopic (exact) mass is 274 g/mol. The summed E-state index contributed by atoms with van der Waals surface area (Å²) in [6.45, 7) is 2.23. The lowest BCUT2D eigenvalue weighted by atomic mass is 10.4. The van der Waals surface area contributed by atoms with E-state index < -0.39 is 0 Å². The summed E-state index contributed by atoms with van der Waals surface area (Å²) in [6.07, 6.45) is 1.28. The largest absolute Gasteiger partial charge is 0.162 e. The van der Waals surface area contributed by atoms with Gasteiger partial charge in [0.05, 0.1) is 0 Å². The summed E-state index contributed by atoms with van der Waals surface area (Å²) in [5.74, 6) is 2.47. The number of thioether (sulfide) groups is 1. The Balaban J connectivity index is 2.18. The fourth-order valence-electron chi connectivity index (χ4n) is 1.92. The molecule has 94 valence electrons. The Kier molecular flexibility index (Phi) is 5.77. The number of benzene rings is 2. The summed E-state index contributed by atoms with van der Waals surface area (Å²) in [4.78, 5) is 0. The van der Waals surface area contributed by atoms with Crippen molar-refractivity contribution in [2.45, 2.75) is 6.92 Å². The molecule has 0 N–H and O–H groups in total. The van der Waals surface area contributed by atoms with Crippen molar-refractivity contribution in [3.05, 3.63) is 60.7 Å². The van der Waals surface area contributed by atoms with Gasteiger partial charge in [0.1, 0.15) is 0 Å². The summed E-state index contributed by atoms with van der Waals surface area (Å²) >= 11 is 2.04. The van der Waals surface area contributed by atoms with Gasteiger partial charge in [0.25, 0.3) is 0 Å². The quantitative estimate of drug-likeness (QED) is 0.569. The van der Waals surface area contributed by atoms with Crippen LogP contribution in [-0.4, -0.2) is 17.7 Å². The van der Waals surface area contributed by atoms with Crippen molar-refractivity contribution in [1.29, 1.82) is 0 Å². The fourth-order valence-corrected chi connectivity index (χ4v) is 5.34. The number of hydrogen-bond acceptors (Lipinski definition) is 1. The Morgan fingerprint density at radius 2 is 1.33 bits per heavy atom. The first-order valence-electron chi connectivity index (χ1n) is 6.37. The summed E-state index contributed by atoms with van der Waals surface area (Å²) in [6, 6.07) is 21.9. The van der Waals surface area contributed by atoms with Crippen molar-refractivity contribution >= 4 is 30.3 Å². The van der Waals surface area contributed by atoms with Gasteiger partial charge in [0.15, 0.2) is 0 Å². The normalized spacial score (nSPS) is 10.8. The van der Waals surface area contributed by atoms with E-state index in [9.17, 15) is 0 Å². The maximum Gasteiger partial charge on any atom is -0.00222 e. The van der Waals surface area contributed by atoms with Gasteiger partial charge in [-0.15, -0.1) is 0 Å². The van der Waals surface area contributed by atoms with Gasteiger partial charge in [-0.2, -0.15) is 11.8 Å². The molecule has 0 aliphatic carbocycles. The van der Waals surface area contributed by atoms with Gasteiger partial charge in [-0.25, -0.2) is 0 Å². The van der Waals surface area contributed by atoms with Crippen LogP contribution in [0.1, 0.15) is 6.92 Å². The zero-order valence-electron chi connectivity index (χ0n) is 10.8. The molecular weight excluding hydrogens is 255 g/mol. The molecule has 18 heavy (non-hydrogen) atoms. The van der Waals surface area contributed by atoms with Gasteiger partial charge in [-0.05, 0) is 36.2 Å². The Hall–Kier alpha value is -0.780. The van der Waals surface area contributed by atoms with E-state index in [0.29, 0.717) is 0 Å². The van der Waals surface area contributed by atoms with Gasteiger partial charge in [0.2, 0.25) is 0 Å². The molecule has 0 bridgehead atoms. The van der Waals surface area contributed by atoms with E-state index in [1.54, 1.807) is 0 Å². The first-order valence-corrected chi connectivity index (χ1v) is 9.05. The number of hydrogen-bond donors (Lipinski definition) is 0. The third kappa shape index (κ3) is 3.86. The van der Waals surface area contributed by atoms with Crippen molar-refractivity contribution in [3.8, 4) is 0 Å². The van der Waals surface area contributed by atoms with Crippen molar-refractivity contribution < 1.29 is 0 Å². The van der Waals surface area contributed by atoms with Gasteiger partial charge in [0, 0.05) is 0 Å². The summed E-state index contributed by atoms with van der Waals surface area (Å²) in [5.41, 5.74) is 0.